The molecule has 0 bridgehead atoms. The maximum Gasteiger partial charge on any atom is 0.148 e. The van der Waals surface area contributed by atoms with E-state index in [1.807, 2.05) is 11.9 Å². The van der Waals surface area contributed by atoms with Gasteiger partial charge < -0.3 is 10.3 Å². The Labute approximate surface area is 113 Å². The Morgan fingerprint density at radius 1 is 1.21 bits per heavy atom. The van der Waals surface area contributed by atoms with Crippen LogP contribution in [0.3, 0.4) is 0 Å². The maximum absolute atomic E-state index is 5.49. The van der Waals surface area contributed by atoms with Crippen LogP contribution in [0.15, 0.2) is 30.6 Å². The summed E-state index contributed by atoms with van der Waals surface area (Å²) in [6, 6.07) is 8.32. The van der Waals surface area contributed by atoms with Gasteiger partial charge in [-0.25, -0.2) is 15.8 Å². The summed E-state index contributed by atoms with van der Waals surface area (Å²) < 4.78 is 0. The van der Waals surface area contributed by atoms with E-state index in [2.05, 4.69) is 53.5 Å². The standard InChI is InChI=1S/C14H19N5/c1-4-12-13(18-15)16-9-17-14(12)19(3)11-7-5-10(2)6-8-11/h5-9H,4,15H2,1-3H3,(H,16,17,18). The monoisotopic (exact) mass is 257 g/mol. The van der Waals surface area contributed by atoms with Crippen molar-refractivity contribution in [2.75, 3.05) is 17.4 Å². The maximum atomic E-state index is 5.49. The summed E-state index contributed by atoms with van der Waals surface area (Å²) in [6.07, 6.45) is 2.33. The lowest BCUT2D eigenvalue weighted by atomic mass is 10.2. The van der Waals surface area contributed by atoms with Gasteiger partial charge in [0.15, 0.2) is 0 Å². The zero-order chi connectivity index (χ0) is 13.8. The highest BCUT2D eigenvalue weighted by Gasteiger charge is 2.13. The highest BCUT2D eigenvalue weighted by atomic mass is 15.3. The van der Waals surface area contributed by atoms with Gasteiger partial charge in [0, 0.05) is 18.3 Å². The van der Waals surface area contributed by atoms with E-state index in [0.29, 0.717) is 5.82 Å². The Hall–Kier alpha value is -2.14. The molecule has 100 valence electrons. The number of aromatic nitrogens is 2. The van der Waals surface area contributed by atoms with Crippen molar-refractivity contribution in [2.45, 2.75) is 20.3 Å². The fraction of sp³-hybridized carbons (Fsp3) is 0.286. The first kappa shape index (κ1) is 13.3. The molecule has 5 heteroatoms. The Morgan fingerprint density at radius 2 is 1.89 bits per heavy atom. The van der Waals surface area contributed by atoms with Crippen molar-refractivity contribution < 1.29 is 0 Å². The van der Waals surface area contributed by atoms with E-state index in [0.717, 1.165) is 23.5 Å². The molecule has 0 spiro atoms. The summed E-state index contributed by atoms with van der Waals surface area (Å²) in [5.74, 6) is 7.04. The van der Waals surface area contributed by atoms with Crippen molar-refractivity contribution in [1.82, 2.24) is 9.97 Å². The lowest BCUT2D eigenvalue weighted by Crippen LogP contribution is -2.17. The largest absolute Gasteiger partial charge is 0.329 e. The number of benzene rings is 1. The minimum atomic E-state index is 0.673. The third-order valence-corrected chi connectivity index (χ3v) is 3.15. The first-order valence-electron chi connectivity index (χ1n) is 6.28. The molecule has 0 aliphatic heterocycles. The summed E-state index contributed by atoms with van der Waals surface area (Å²) in [6.45, 7) is 4.13. The van der Waals surface area contributed by atoms with Gasteiger partial charge >= 0.3 is 0 Å². The highest BCUT2D eigenvalue weighted by Crippen LogP contribution is 2.28. The second-order valence-corrected chi connectivity index (χ2v) is 4.42. The number of hydrogen-bond donors (Lipinski definition) is 2. The normalized spacial score (nSPS) is 10.3. The molecule has 1 heterocycles. The van der Waals surface area contributed by atoms with Gasteiger partial charge in [-0.05, 0) is 25.5 Å². The Morgan fingerprint density at radius 3 is 2.47 bits per heavy atom. The molecule has 0 aliphatic carbocycles. The van der Waals surface area contributed by atoms with Crippen LogP contribution in [0.1, 0.15) is 18.1 Å². The first-order chi connectivity index (χ1) is 9.17. The Balaban J connectivity index is 2.43. The molecular formula is C14H19N5. The van der Waals surface area contributed by atoms with E-state index in [9.17, 15) is 0 Å². The van der Waals surface area contributed by atoms with Crippen LogP contribution >= 0.6 is 0 Å². The quantitative estimate of drug-likeness (QED) is 0.650. The SMILES string of the molecule is CCc1c(NN)ncnc1N(C)c1ccc(C)cc1. The van der Waals surface area contributed by atoms with Crippen LogP contribution in [0.25, 0.3) is 0 Å². The molecule has 3 N–H and O–H groups in total. The van der Waals surface area contributed by atoms with Gasteiger partial charge in [0.2, 0.25) is 0 Å². The number of hydrogen-bond acceptors (Lipinski definition) is 5. The number of nitrogens with zero attached hydrogens (tertiary/aromatic N) is 3. The molecule has 1 aromatic carbocycles. The molecule has 5 nitrogen and oxygen atoms in total. The van der Waals surface area contributed by atoms with E-state index in [4.69, 9.17) is 5.84 Å². The van der Waals surface area contributed by atoms with Gasteiger partial charge in [-0.15, -0.1) is 0 Å². The van der Waals surface area contributed by atoms with Crippen molar-refractivity contribution in [3.63, 3.8) is 0 Å². The zero-order valence-corrected chi connectivity index (χ0v) is 11.5. The number of hydrazine groups is 1. The van der Waals surface area contributed by atoms with Gasteiger partial charge in [-0.1, -0.05) is 24.6 Å². The van der Waals surface area contributed by atoms with E-state index in [1.54, 1.807) is 0 Å². The van der Waals surface area contributed by atoms with Crippen LogP contribution in [0.4, 0.5) is 17.3 Å². The highest BCUT2D eigenvalue weighted by molar-refractivity contribution is 5.66. The first-order valence-corrected chi connectivity index (χ1v) is 6.28. The Bertz CT molecular complexity index is 550. The van der Waals surface area contributed by atoms with Crippen LogP contribution in [0.2, 0.25) is 0 Å². The molecule has 0 radical (unpaired) electrons. The summed E-state index contributed by atoms with van der Waals surface area (Å²) in [5, 5.41) is 0. The lowest BCUT2D eigenvalue weighted by Gasteiger charge is -2.22. The second kappa shape index (κ2) is 5.67. The summed E-state index contributed by atoms with van der Waals surface area (Å²) >= 11 is 0. The molecular weight excluding hydrogens is 238 g/mol. The average molecular weight is 257 g/mol. The number of nitrogens with one attached hydrogen (secondary N) is 1. The minimum Gasteiger partial charge on any atom is -0.329 e. The zero-order valence-electron chi connectivity index (χ0n) is 11.5. The number of nitrogens with two attached hydrogens (primary N) is 1. The van der Waals surface area contributed by atoms with E-state index in [1.165, 1.54) is 11.9 Å². The molecule has 0 fully saturated rings. The van der Waals surface area contributed by atoms with Crippen LogP contribution in [-0.2, 0) is 6.42 Å². The fourth-order valence-electron chi connectivity index (χ4n) is 2.03. The minimum absolute atomic E-state index is 0.673. The summed E-state index contributed by atoms with van der Waals surface area (Å²) in [7, 11) is 1.99. The predicted molar refractivity (Wildman–Crippen MR) is 78.5 cm³/mol. The number of aryl methyl sites for hydroxylation is 1. The van der Waals surface area contributed by atoms with E-state index < -0.39 is 0 Å². The van der Waals surface area contributed by atoms with Gasteiger partial charge in [0.05, 0.1) is 0 Å². The second-order valence-electron chi connectivity index (χ2n) is 4.42. The van der Waals surface area contributed by atoms with Gasteiger partial charge in [0.25, 0.3) is 0 Å². The molecule has 0 aliphatic rings. The number of anilines is 3. The van der Waals surface area contributed by atoms with E-state index >= 15 is 0 Å². The van der Waals surface area contributed by atoms with E-state index in [-0.39, 0.29) is 0 Å². The number of rotatable bonds is 4. The van der Waals surface area contributed by atoms with Crippen LogP contribution in [0, 0.1) is 6.92 Å². The molecule has 0 unspecified atom stereocenters. The van der Waals surface area contributed by atoms with Gasteiger partial charge in [-0.2, -0.15) is 0 Å². The third kappa shape index (κ3) is 2.66. The number of nitrogen functional groups attached to an aromatic ring is 1. The lowest BCUT2D eigenvalue weighted by molar-refractivity contribution is 0.994. The predicted octanol–water partition coefficient (Wildman–Crippen LogP) is 2.40. The van der Waals surface area contributed by atoms with Crippen LogP contribution < -0.4 is 16.2 Å². The molecule has 0 atom stereocenters. The molecule has 0 saturated carbocycles. The third-order valence-electron chi connectivity index (χ3n) is 3.15. The van der Waals surface area contributed by atoms with Crippen molar-refractivity contribution in [3.05, 3.63) is 41.7 Å². The van der Waals surface area contributed by atoms with Crippen LogP contribution in [0.5, 0.6) is 0 Å². The smallest absolute Gasteiger partial charge is 0.148 e. The molecule has 0 saturated heterocycles. The van der Waals surface area contributed by atoms with Crippen molar-refractivity contribution >= 4 is 17.3 Å². The molecule has 2 aromatic rings. The van der Waals surface area contributed by atoms with Gasteiger partial charge in [0.1, 0.15) is 18.0 Å². The average Bonchev–Trinajstić information content (AvgIpc) is 2.46. The van der Waals surface area contributed by atoms with Crippen molar-refractivity contribution in [3.8, 4) is 0 Å². The Kier molecular flexibility index (Phi) is 3.97. The molecule has 1 aromatic heterocycles. The molecule has 19 heavy (non-hydrogen) atoms. The molecule has 0 amide bonds. The summed E-state index contributed by atoms with van der Waals surface area (Å²) in [4.78, 5) is 10.6. The van der Waals surface area contributed by atoms with Gasteiger partial charge in [-0.3, -0.25) is 0 Å². The van der Waals surface area contributed by atoms with Crippen LogP contribution in [-0.4, -0.2) is 17.0 Å². The summed E-state index contributed by atoms with van der Waals surface area (Å²) in [5.41, 5.74) is 5.95. The topological polar surface area (TPSA) is 67.1 Å². The fourth-order valence-corrected chi connectivity index (χ4v) is 2.03. The van der Waals surface area contributed by atoms with Crippen molar-refractivity contribution in [2.24, 2.45) is 5.84 Å². The van der Waals surface area contributed by atoms with Crippen molar-refractivity contribution in [1.29, 1.82) is 0 Å². The molecule has 2 rings (SSSR count).